The normalized spacial score (nSPS) is 14.9. The number of amides is 1. The van der Waals surface area contributed by atoms with Gasteiger partial charge in [0.15, 0.2) is 0 Å². The highest BCUT2D eigenvalue weighted by Crippen LogP contribution is 2.17. The third-order valence-electron chi connectivity index (χ3n) is 4.48. The fourth-order valence-electron chi connectivity index (χ4n) is 3.08. The molecule has 0 radical (unpaired) electrons. The Hall–Kier alpha value is -2.10. The number of benzene rings is 2. The molecule has 0 saturated carbocycles. The first-order chi connectivity index (χ1) is 12.2. The van der Waals surface area contributed by atoms with E-state index in [1.165, 1.54) is 43.1 Å². The smallest absolute Gasteiger partial charge is 0.244 e. The standard InChI is InChI=1S/C21H23ClN2O/c22-20-10-4-3-7-17(20)11-12-21(25)23-15-18-8-1-2-9-19(18)16-24-13-5-6-14-24/h1-4,7-12H,5-6,13-16H2,(H,23,25)/b12-11+. The molecule has 3 nitrogen and oxygen atoms in total. The van der Waals surface area contributed by atoms with Gasteiger partial charge in [0, 0.05) is 24.2 Å². The Balaban J connectivity index is 1.57. The van der Waals surface area contributed by atoms with Crippen LogP contribution < -0.4 is 5.32 Å². The number of rotatable bonds is 6. The molecule has 25 heavy (non-hydrogen) atoms. The van der Waals surface area contributed by atoms with E-state index in [-0.39, 0.29) is 5.91 Å². The number of hydrogen-bond acceptors (Lipinski definition) is 2. The lowest BCUT2D eigenvalue weighted by Crippen LogP contribution is -2.23. The van der Waals surface area contributed by atoms with Crippen LogP contribution in [-0.4, -0.2) is 23.9 Å². The highest BCUT2D eigenvalue weighted by Gasteiger charge is 2.13. The topological polar surface area (TPSA) is 32.3 Å². The molecule has 3 rings (SSSR count). The Morgan fingerprint density at radius 1 is 1.04 bits per heavy atom. The SMILES string of the molecule is O=C(/C=C/c1ccccc1Cl)NCc1ccccc1CN1CCCC1. The quantitative estimate of drug-likeness (QED) is 0.786. The number of likely N-dealkylation sites (tertiary alicyclic amines) is 1. The Morgan fingerprint density at radius 2 is 1.72 bits per heavy atom. The summed E-state index contributed by atoms with van der Waals surface area (Å²) in [5.74, 6) is -0.115. The molecule has 0 bridgehead atoms. The molecule has 1 amide bonds. The fraction of sp³-hybridized carbons (Fsp3) is 0.286. The summed E-state index contributed by atoms with van der Waals surface area (Å²) in [6, 6.07) is 15.8. The van der Waals surface area contributed by atoms with Gasteiger partial charge in [0.2, 0.25) is 5.91 Å². The summed E-state index contributed by atoms with van der Waals surface area (Å²) < 4.78 is 0. The second kappa shape index (κ2) is 8.84. The summed E-state index contributed by atoms with van der Waals surface area (Å²) in [6.07, 6.45) is 5.84. The number of nitrogens with zero attached hydrogens (tertiary/aromatic N) is 1. The van der Waals surface area contributed by atoms with Crippen LogP contribution in [0.4, 0.5) is 0 Å². The first-order valence-corrected chi connectivity index (χ1v) is 9.10. The molecule has 130 valence electrons. The Morgan fingerprint density at radius 3 is 2.48 bits per heavy atom. The Bertz CT molecular complexity index is 751. The maximum atomic E-state index is 12.1. The van der Waals surface area contributed by atoms with Crippen molar-refractivity contribution in [3.63, 3.8) is 0 Å². The lowest BCUT2D eigenvalue weighted by atomic mass is 10.1. The fourth-order valence-corrected chi connectivity index (χ4v) is 3.28. The molecule has 1 heterocycles. The summed E-state index contributed by atoms with van der Waals surface area (Å²) in [6.45, 7) is 3.83. The molecular weight excluding hydrogens is 332 g/mol. The maximum absolute atomic E-state index is 12.1. The second-order valence-electron chi connectivity index (χ2n) is 6.32. The van der Waals surface area contributed by atoms with Crippen LogP contribution in [0.1, 0.15) is 29.5 Å². The largest absolute Gasteiger partial charge is 0.348 e. The molecule has 2 aromatic carbocycles. The summed E-state index contributed by atoms with van der Waals surface area (Å²) in [4.78, 5) is 14.6. The first-order valence-electron chi connectivity index (χ1n) is 8.72. The zero-order valence-electron chi connectivity index (χ0n) is 14.2. The van der Waals surface area contributed by atoms with Crippen molar-refractivity contribution in [1.82, 2.24) is 10.2 Å². The van der Waals surface area contributed by atoms with Gasteiger partial charge in [0.1, 0.15) is 0 Å². The van der Waals surface area contributed by atoms with Crippen LogP contribution in [0.3, 0.4) is 0 Å². The molecule has 0 atom stereocenters. The van der Waals surface area contributed by atoms with E-state index in [0.717, 1.165) is 12.1 Å². The van der Waals surface area contributed by atoms with Crippen LogP contribution in [0.5, 0.6) is 0 Å². The minimum Gasteiger partial charge on any atom is -0.348 e. The van der Waals surface area contributed by atoms with E-state index in [0.29, 0.717) is 11.6 Å². The third-order valence-corrected chi connectivity index (χ3v) is 4.83. The zero-order valence-corrected chi connectivity index (χ0v) is 15.0. The summed E-state index contributed by atoms with van der Waals surface area (Å²) in [5, 5.41) is 3.61. The first kappa shape index (κ1) is 17.7. The second-order valence-corrected chi connectivity index (χ2v) is 6.73. The zero-order chi connectivity index (χ0) is 17.5. The van der Waals surface area contributed by atoms with Crippen molar-refractivity contribution in [3.8, 4) is 0 Å². The van der Waals surface area contributed by atoms with E-state index in [9.17, 15) is 4.79 Å². The van der Waals surface area contributed by atoms with Crippen molar-refractivity contribution in [2.75, 3.05) is 13.1 Å². The number of hydrogen-bond donors (Lipinski definition) is 1. The lowest BCUT2D eigenvalue weighted by molar-refractivity contribution is -0.116. The van der Waals surface area contributed by atoms with Gasteiger partial charge in [0.25, 0.3) is 0 Å². The summed E-state index contributed by atoms with van der Waals surface area (Å²) in [5.41, 5.74) is 3.31. The lowest BCUT2D eigenvalue weighted by Gasteiger charge is -2.17. The maximum Gasteiger partial charge on any atom is 0.244 e. The van der Waals surface area contributed by atoms with Gasteiger partial charge in [-0.1, -0.05) is 54.1 Å². The van der Waals surface area contributed by atoms with E-state index >= 15 is 0 Å². The van der Waals surface area contributed by atoms with E-state index in [1.54, 1.807) is 6.08 Å². The van der Waals surface area contributed by atoms with Gasteiger partial charge in [-0.25, -0.2) is 0 Å². The average molecular weight is 355 g/mol. The van der Waals surface area contributed by atoms with Crippen molar-refractivity contribution < 1.29 is 4.79 Å². The number of halogens is 1. The van der Waals surface area contributed by atoms with Crippen molar-refractivity contribution in [2.45, 2.75) is 25.9 Å². The van der Waals surface area contributed by atoms with Gasteiger partial charge >= 0.3 is 0 Å². The van der Waals surface area contributed by atoms with Crippen LogP contribution in [0.2, 0.25) is 5.02 Å². The van der Waals surface area contributed by atoms with Crippen LogP contribution in [0.25, 0.3) is 6.08 Å². The number of nitrogens with one attached hydrogen (secondary N) is 1. The van der Waals surface area contributed by atoms with Crippen LogP contribution >= 0.6 is 11.6 Å². The Kier molecular flexibility index (Phi) is 6.26. The molecule has 0 unspecified atom stereocenters. The molecule has 4 heteroatoms. The monoisotopic (exact) mass is 354 g/mol. The molecular formula is C21H23ClN2O. The predicted molar refractivity (Wildman–Crippen MR) is 103 cm³/mol. The molecule has 1 fully saturated rings. The van der Waals surface area contributed by atoms with Crippen molar-refractivity contribution in [2.24, 2.45) is 0 Å². The van der Waals surface area contributed by atoms with E-state index in [1.807, 2.05) is 30.3 Å². The highest BCUT2D eigenvalue weighted by molar-refractivity contribution is 6.32. The molecule has 1 aliphatic heterocycles. The third kappa shape index (κ3) is 5.18. The van der Waals surface area contributed by atoms with Crippen molar-refractivity contribution in [3.05, 3.63) is 76.3 Å². The van der Waals surface area contributed by atoms with Gasteiger partial charge in [-0.15, -0.1) is 0 Å². The molecule has 0 aromatic heterocycles. The molecule has 1 N–H and O–H groups in total. The molecule has 2 aromatic rings. The molecule has 0 aliphatic carbocycles. The summed E-state index contributed by atoms with van der Waals surface area (Å²) >= 11 is 6.09. The van der Waals surface area contributed by atoms with Crippen LogP contribution in [-0.2, 0) is 17.9 Å². The molecule has 1 saturated heterocycles. The Labute approximate surface area is 154 Å². The minimum absolute atomic E-state index is 0.115. The van der Waals surface area contributed by atoms with Gasteiger partial charge in [0.05, 0.1) is 0 Å². The summed E-state index contributed by atoms with van der Waals surface area (Å²) in [7, 11) is 0. The minimum atomic E-state index is -0.115. The number of carbonyl (C=O) groups is 1. The van der Waals surface area contributed by atoms with Gasteiger partial charge in [-0.3, -0.25) is 9.69 Å². The molecule has 1 aliphatic rings. The van der Waals surface area contributed by atoms with Crippen molar-refractivity contribution >= 4 is 23.6 Å². The van der Waals surface area contributed by atoms with Crippen LogP contribution in [0, 0.1) is 0 Å². The van der Waals surface area contributed by atoms with E-state index < -0.39 is 0 Å². The molecule has 0 spiro atoms. The van der Waals surface area contributed by atoms with Gasteiger partial charge in [-0.05, 0) is 54.8 Å². The van der Waals surface area contributed by atoms with Crippen LogP contribution in [0.15, 0.2) is 54.6 Å². The predicted octanol–water partition coefficient (Wildman–Crippen LogP) is 4.27. The van der Waals surface area contributed by atoms with E-state index in [4.69, 9.17) is 11.6 Å². The highest BCUT2D eigenvalue weighted by atomic mass is 35.5. The van der Waals surface area contributed by atoms with E-state index in [2.05, 4.69) is 28.4 Å². The van der Waals surface area contributed by atoms with Crippen molar-refractivity contribution in [1.29, 1.82) is 0 Å². The van der Waals surface area contributed by atoms with Gasteiger partial charge < -0.3 is 5.32 Å². The number of carbonyl (C=O) groups excluding carboxylic acids is 1. The van der Waals surface area contributed by atoms with Gasteiger partial charge in [-0.2, -0.15) is 0 Å². The average Bonchev–Trinajstić information content (AvgIpc) is 3.13.